The van der Waals surface area contributed by atoms with E-state index < -0.39 is 11.4 Å². The highest BCUT2D eigenvalue weighted by atomic mass is 16.5. The van der Waals surface area contributed by atoms with Crippen molar-refractivity contribution in [3.63, 3.8) is 0 Å². The number of aryl methyl sites for hydroxylation is 1. The van der Waals surface area contributed by atoms with Crippen molar-refractivity contribution in [1.82, 2.24) is 4.90 Å². The lowest BCUT2D eigenvalue weighted by atomic mass is 9.74. The highest BCUT2D eigenvalue weighted by molar-refractivity contribution is 6.15. The second-order valence-electron chi connectivity index (χ2n) is 7.91. The number of nitrogens with zero attached hydrogens (tertiary/aromatic N) is 1. The molecule has 0 bridgehead atoms. The minimum atomic E-state index is -0.968. The predicted molar refractivity (Wildman–Crippen MR) is 106 cm³/mol. The molecule has 0 radical (unpaired) electrons. The van der Waals surface area contributed by atoms with E-state index in [1.807, 2.05) is 19.1 Å². The van der Waals surface area contributed by atoms with Crippen molar-refractivity contribution >= 4 is 17.7 Å². The minimum absolute atomic E-state index is 0.141. The van der Waals surface area contributed by atoms with Crippen molar-refractivity contribution in [3.8, 4) is 0 Å². The first-order valence-electron chi connectivity index (χ1n) is 9.73. The Hall–Kier alpha value is -2.99. The summed E-state index contributed by atoms with van der Waals surface area (Å²) in [5.41, 5.74) is 1.23. The molecule has 6 nitrogen and oxygen atoms in total. The molecule has 29 heavy (non-hydrogen) atoms. The standard InChI is InChI=1S/C23H23NO5/c1-15-6-8-16(9-7-15)20(25)18-4-2-3-5-19(18)21(26)24-12-17-13-29-11-10-23(17,14-24)22(27)28/h2-9,17H,10-14H2,1H3,(H,27,28)/t17-,23+/m0/s1. The lowest BCUT2D eigenvalue weighted by Crippen LogP contribution is -2.45. The molecule has 150 valence electrons. The maximum Gasteiger partial charge on any atom is 0.311 e. The molecule has 1 N–H and O–H groups in total. The summed E-state index contributed by atoms with van der Waals surface area (Å²) in [7, 11) is 0. The molecule has 2 saturated heterocycles. The number of benzene rings is 2. The lowest BCUT2D eigenvalue weighted by molar-refractivity contribution is -0.157. The van der Waals surface area contributed by atoms with Gasteiger partial charge in [-0.15, -0.1) is 0 Å². The summed E-state index contributed by atoms with van der Waals surface area (Å²) in [4.78, 5) is 39.9. The number of hydrogen-bond donors (Lipinski definition) is 1. The van der Waals surface area contributed by atoms with Gasteiger partial charge in [0.2, 0.25) is 0 Å². The van der Waals surface area contributed by atoms with Crippen molar-refractivity contribution in [2.45, 2.75) is 13.3 Å². The summed E-state index contributed by atoms with van der Waals surface area (Å²) in [6, 6.07) is 14.0. The first-order chi connectivity index (χ1) is 13.9. The van der Waals surface area contributed by atoms with E-state index in [1.165, 1.54) is 0 Å². The molecule has 2 aliphatic rings. The van der Waals surface area contributed by atoms with E-state index in [9.17, 15) is 19.5 Å². The number of aliphatic carboxylic acids is 1. The van der Waals surface area contributed by atoms with Gasteiger partial charge in [0.15, 0.2) is 5.78 Å². The second kappa shape index (κ2) is 7.44. The van der Waals surface area contributed by atoms with E-state index in [0.29, 0.717) is 42.9 Å². The number of rotatable bonds is 4. The summed E-state index contributed by atoms with van der Waals surface area (Å²) in [5, 5.41) is 9.84. The van der Waals surface area contributed by atoms with Crippen LogP contribution < -0.4 is 0 Å². The molecular formula is C23H23NO5. The van der Waals surface area contributed by atoms with Crippen LogP contribution in [0.2, 0.25) is 0 Å². The summed E-state index contributed by atoms with van der Waals surface area (Å²) in [5.74, 6) is -1.65. The Morgan fingerprint density at radius 1 is 1.07 bits per heavy atom. The summed E-state index contributed by atoms with van der Waals surface area (Å²) in [6.45, 7) is 3.12. The van der Waals surface area contributed by atoms with Crippen LogP contribution >= 0.6 is 0 Å². The lowest BCUT2D eigenvalue weighted by Gasteiger charge is -2.33. The molecule has 2 fully saturated rings. The molecule has 4 rings (SSSR count). The van der Waals surface area contributed by atoms with Crippen LogP contribution in [-0.4, -0.2) is 54.0 Å². The Kier molecular flexibility index (Phi) is 4.96. The number of carboxylic acid groups (broad SMARTS) is 1. The highest BCUT2D eigenvalue weighted by Gasteiger charge is 2.55. The molecule has 6 heteroatoms. The van der Waals surface area contributed by atoms with Crippen molar-refractivity contribution in [1.29, 1.82) is 0 Å². The molecular weight excluding hydrogens is 370 g/mol. The van der Waals surface area contributed by atoms with E-state index in [1.54, 1.807) is 41.3 Å². The van der Waals surface area contributed by atoms with E-state index >= 15 is 0 Å². The maximum atomic E-state index is 13.3. The van der Waals surface area contributed by atoms with Gasteiger partial charge in [-0.25, -0.2) is 0 Å². The second-order valence-corrected chi connectivity index (χ2v) is 7.91. The third-order valence-electron chi connectivity index (χ3n) is 6.14. The molecule has 0 unspecified atom stereocenters. The fourth-order valence-corrected chi connectivity index (χ4v) is 4.35. The zero-order valence-corrected chi connectivity index (χ0v) is 16.3. The SMILES string of the molecule is Cc1ccc(C(=O)c2ccccc2C(=O)N2C[C@H]3COCC[C@@]3(C(=O)O)C2)cc1. The normalized spacial score (nSPS) is 23.5. The average Bonchev–Trinajstić information content (AvgIpc) is 3.14. The van der Waals surface area contributed by atoms with E-state index in [0.717, 1.165) is 5.56 Å². The smallest absolute Gasteiger partial charge is 0.311 e. The van der Waals surface area contributed by atoms with Crippen LogP contribution in [0.1, 0.15) is 38.3 Å². The van der Waals surface area contributed by atoms with Crippen LogP contribution in [0, 0.1) is 18.3 Å². The van der Waals surface area contributed by atoms with Crippen molar-refractivity contribution < 1.29 is 24.2 Å². The van der Waals surface area contributed by atoms with Gasteiger partial charge in [-0.05, 0) is 19.4 Å². The van der Waals surface area contributed by atoms with Gasteiger partial charge in [-0.3, -0.25) is 14.4 Å². The maximum absolute atomic E-state index is 13.3. The third-order valence-corrected chi connectivity index (χ3v) is 6.14. The zero-order chi connectivity index (χ0) is 20.6. The number of ether oxygens (including phenoxy) is 1. The summed E-state index contributed by atoms with van der Waals surface area (Å²) < 4.78 is 5.47. The third kappa shape index (κ3) is 3.34. The van der Waals surface area contributed by atoms with Gasteiger partial charge in [0.25, 0.3) is 5.91 Å². The van der Waals surface area contributed by atoms with Crippen molar-refractivity contribution in [2.75, 3.05) is 26.3 Å². The van der Waals surface area contributed by atoms with Gasteiger partial charge >= 0.3 is 5.97 Å². The monoisotopic (exact) mass is 393 g/mol. The van der Waals surface area contributed by atoms with Gasteiger partial charge in [0.1, 0.15) is 0 Å². The number of carbonyl (C=O) groups is 3. The van der Waals surface area contributed by atoms with Gasteiger partial charge in [0.05, 0.1) is 17.6 Å². The first-order valence-corrected chi connectivity index (χ1v) is 9.73. The summed E-state index contributed by atoms with van der Waals surface area (Å²) >= 11 is 0. The number of hydrogen-bond acceptors (Lipinski definition) is 4. The fraction of sp³-hybridized carbons (Fsp3) is 0.348. The molecule has 2 aromatic rings. The van der Waals surface area contributed by atoms with Crippen molar-refractivity contribution in [3.05, 3.63) is 70.8 Å². The average molecular weight is 393 g/mol. The molecule has 2 atom stereocenters. The zero-order valence-electron chi connectivity index (χ0n) is 16.3. The Bertz CT molecular complexity index is 967. The quantitative estimate of drug-likeness (QED) is 0.808. The number of likely N-dealkylation sites (tertiary alicyclic amines) is 1. The minimum Gasteiger partial charge on any atom is -0.481 e. The van der Waals surface area contributed by atoms with Gasteiger partial charge < -0.3 is 14.7 Å². The van der Waals surface area contributed by atoms with Crippen LogP contribution in [0.25, 0.3) is 0 Å². The van der Waals surface area contributed by atoms with Gasteiger partial charge in [-0.2, -0.15) is 0 Å². The molecule has 0 spiro atoms. The predicted octanol–water partition coefficient (Wildman–Crippen LogP) is 2.79. The Labute approximate surface area is 169 Å². The first kappa shape index (κ1) is 19.3. The number of ketones is 1. The summed E-state index contributed by atoms with van der Waals surface area (Å²) in [6.07, 6.45) is 0.390. The largest absolute Gasteiger partial charge is 0.481 e. The van der Waals surface area contributed by atoms with E-state index in [2.05, 4.69) is 0 Å². The molecule has 0 aromatic heterocycles. The Balaban J connectivity index is 1.64. The van der Waals surface area contributed by atoms with Crippen LogP contribution in [0.15, 0.2) is 48.5 Å². The molecule has 1 amide bonds. The Morgan fingerprint density at radius 2 is 1.76 bits per heavy atom. The van der Waals surface area contributed by atoms with Gasteiger partial charge in [-0.1, -0.05) is 48.0 Å². The number of carbonyl (C=O) groups excluding carboxylic acids is 2. The van der Waals surface area contributed by atoms with Crippen LogP contribution in [0.3, 0.4) is 0 Å². The van der Waals surface area contributed by atoms with E-state index in [-0.39, 0.29) is 24.2 Å². The highest BCUT2D eigenvalue weighted by Crippen LogP contribution is 2.43. The number of carboxylic acids is 1. The number of amides is 1. The van der Waals surface area contributed by atoms with Crippen LogP contribution in [0.4, 0.5) is 0 Å². The van der Waals surface area contributed by atoms with Crippen LogP contribution in [0.5, 0.6) is 0 Å². The number of fused-ring (bicyclic) bond motifs is 1. The van der Waals surface area contributed by atoms with Crippen molar-refractivity contribution in [2.24, 2.45) is 11.3 Å². The fourth-order valence-electron chi connectivity index (χ4n) is 4.35. The molecule has 2 heterocycles. The molecule has 0 saturated carbocycles. The molecule has 2 aliphatic heterocycles. The topological polar surface area (TPSA) is 83.9 Å². The van der Waals surface area contributed by atoms with Crippen LogP contribution in [-0.2, 0) is 9.53 Å². The molecule has 0 aliphatic carbocycles. The van der Waals surface area contributed by atoms with E-state index in [4.69, 9.17) is 4.74 Å². The van der Waals surface area contributed by atoms with Gasteiger partial charge in [0, 0.05) is 36.7 Å². The molecule has 2 aromatic carbocycles. The Morgan fingerprint density at radius 3 is 2.41 bits per heavy atom.